The minimum absolute atomic E-state index is 0.00435. The Hall–Kier alpha value is -1.82. The molecule has 1 heterocycles. The smallest absolute Gasteiger partial charge is 0.380 e. The van der Waals surface area contributed by atoms with Crippen molar-refractivity contribution >= 4 is 17.3 Å². The third-order valence-electron chi connectivity index (χ3n) is 2.53. The van der Waals surface area contributed by atoms with E-state index in [4.69, 9.17) is 11.6 Å². The average molecular weight is 305 g/mol. The van der Waals surface area contributed by atoms with E-state index in [9.17, 15) is 17.6 Å². The molecule has 1 aromatic heterocycles. The second-order valence-electron chi connectivity index (χ2n) is 4.05. The molecule has 7 heteroatoms. The molecule has 0 spiro atoms. The van der Waals surface area contributed by atoms with E-state index in [1.165, 1.54) is 24.4 Å². The van der Waals surface area contributed by atoms with Gasteiger partial charge in [-0.3, -0.25) is 4.98 Å². The van der Waals surface area contributed by atoms with Crippen molar-refractivity contribution in [3.05, 3.63) is 58.6 Å². The number of nitrogens with zero attached hydrogens (tertiary/aromatic N) is 1. The molecule has 0 aliphatic rings. The van der Waals surface area contributed by atoms with E-state index in [2.05, 4.69) is 10.3 Å². The molecule has 0 saturated carbocycles. The van der Waals surface area contributed by atoms with Crippen LogP contribution in [0.15, 0.2) is 36.7 Å². The lowest BCUT2D eigenvalue weighted by atomic mass is 10.1. The van der Waals surface area contributed by atoms with Crippen molar-refractivity contribution in [2.75, 3.05) is 5.32 Å². The van der Waals surface area contributed by atoms with Gasteiger partial charge in [-0.15, -0.1) is 0 Å². The second-order valence-corrected chi connectivity index (χ2v) is 4.49. The Bertz CT molecular complexity index is 614. The molecule has 0 aliphatic heterocycles. The minimum atomic E-state index is -4.52. The zero-order valence-corrected chi connectivity index (χ0v) is 10.8. The molecular formula is C13H9ClF4N2. The first-order valence-corrected chi connectivity index (χ1v) is 5.94. The quantitative estimate of drug-likeness (QED) is 0.844. The molecule has 0 aliphatic carbocycles. The molecule has 2 aromatic rings. The number of nitrogens with one attached hydrogen (secondary N) is 1. The van der Waals surface area contributed by atoms with E-state index in [0.717, 1.165) is 12.3 Å². The zero-order chi connectivity index (χ0) is 14.8. The van der Waals surface area contributed by atoms with Crippen LogP contribution in [0.3, 0.4) is 0 Å². The highest BCUT2D eigenvalue weighted by Gasteiger charge is 2.33. The first-order chi connectivity index (χ1) is 9.36. The zero-order valence-electron chi connectivity index (χ0n) is 10.0. The first-order valence-electron chi connectivity index (χ1n) is 5.56. The largest absolute Gasteiger partial charge is 0.418 e. The molecule has 0 saturated heterocycles. The molecule has 0 unspecified atom stereocenters. The van der Waals surface area contributed by atoms with E-state index in [1.807, 2.05) is 0 Å². The summed E-state index contributed by atoms with van der Waals surface area (Å²) in [6.07, 6.45) is -2.13. The van der Waals surface area contributed by atoms with Crippen LogP contribution < -0.4 is 5.32 Å². The number of halogens is 5. The van der Waals surface area contributed by atoms with Crippen molar-refractivity contribution in [2.24, 2.45) is 0 Å². The van der Waals surface area contributed by atoms with Gasteiger partial charge in [0.15, 0.2) is 0 Å². The second kappa shape index (κ2) is 5.66. The molecule has 1 N–H and O–H groups in total. The van der Waals surface area contributed by atoms with Crippen molar-refractivity contribution in [3.63, 3.8) is 0 Å². The SMILES string of the molecule is Fc1cncc(CNc2ccc(Cl)cc2C(F)(F)F)c1. The van der Waals surface area contributed by atoms with Gasteiger partial charge in [0.1, 0.15) is 5.82 Å². The Morgan fingerprint density at radius 3 is 2.55 bits per heavy atom. The monoisotopic (exact) mass is 304 g/mol. The number of anilines is 1. The molecule has 106 valence electrons. The summed E-state index contributed by atoms with van der Waals surface area (Å²) in [5, 5.41) is 2.60. The average Bonchev–Trinajstić information content (AvgIpc) is 2.36. The van der Waals surface area contributed by atoms with Gasteiger partial charge in [0, 0.05) is 23.5 Å². The first kappa shape index (κ1) is 14.6. The van der Waals surface area contributed by atoms with E-state index < -0.39 is 17.6 Å². The lowest BCUT2D eigenvalue weighted by Crippen LogP contribution is -2.11. The van der Waals surface area contributed by atoms with Crippen LogP contribution in [0.4, 0.5) is 23.2 Å². The minimum Gasteiger partial charge on any atom is -0.380 e. The van der Waals surface area contributed by atoms with Gasteiger partial charge in [-0.25, -0.2) is 4.39 Å². The van der Waals surface area contributed by atoms with E-state index in [-0.39, 0.29) is 17.3 Å². The normalized spacial score (nSPS) is 11.4. The van der Waals surface area contributed by atoms with Crippen molar-refractivity contribution in [1.82, 2.24) is 4.98 Å². The third kappa shape index (κ3) is 3.60. The fourth-order valence-corrected chi connectivity index (χ4v) is 1.83. The van der Waals surface area contributed by atoms with Crippen molar-refractivity contribution < 1.29 is 17.6 Å². The van der Waals surface area contributed by atoms with Crippen LogP contribution in [-0.2, 0) is 12.7 Å². The van der Waals surface area contributed by atoms with Gasteiger partial charge in [0.25, 0.3) is 0 Å². The number of pyridine rings is 1. The Kier molecular flexibility index (Phi) is 4.13. The predicted molar refractivity (Wildman–Crippen MR) is 68.0 cm³/mol. The summed E-state index contributed by atoms with van der Waals surface area (Å²) in [5.74, 6) is -0.545. The number of rotatable bonds is 3. The van der Waals surface area contributed by atoms with Crippen molar-refractivity contribution in [1.29, 1.82) is 0 Å². The summed E-state index contributed by atoms with van der Waals surface area (Å²) in [6.45, 7) is 0.0233. The standard InChI is InChI=1S/C13H9ClF4N2/c14-9-1-2-12(11(4-9)13(16,17)18)20-6-8-3-10(15)7-19-5-8/h1-5,7,20H,6H2. The molecule has 0 amide bonds. The van der Waals surface area contributed by atoms with Crippen LogP contribution >= 0.6 is 11.6 Å². The molecule has 0 fully saturated rings. The van der Waals surface area contributed by atoms with Gasteiger partial charge in [0.05, 0.1) is 11.8 Å². The predicted octanol–water partition coefficient (Wildman–Crippen LogP) is 4.51. The molecule has 2 nitrogen and oxygen atoms in total. The third-order valence-corrected chi connectivity index (χ3v) is 2.77. The Morgan fingerprint density at radius 2 is 1.90 bits per heavy atom. The lowest BCUT2D eigenvalue weighted by Gasteiger charge is -2.15. The van der Waals surface area contributed by atoms with Gasteiger partial charge in [-0.1, -0.05) is 11.6 Å². The number of aromatic nitrogens is 1. The maximum Gasteiger partial charge on any atom is 0.418 e. The maximum absolute atomic E-state index is 12.9. The van der Waals surface area contributed by atoms with Gasteiger partial charge < -0.3 is 5.32 Å². The fraction of sp³-hybridized carbons (Fsp3) is 0.154. The molecule has 0 radical (unpaired) electrons. The lowest BCUT2D eigenvalue weighted by molar-refractivity contribution is -0.136. The van der Waals surface area contributed by atoms with Crippen LogP contribution in [0.2, 0.25) is 5.02 Å². The summed E-state index contributed by atoms with van der Waals surface area (Å²) >= 11 is 5.57. The van der Waals surface area contributed by atoms with Gasteiger partial charge >= 0.3 is 6.18 Å². The van der Waals surface area contributed by atoms with Crippen LogP contribution in [-0.4, -0.2) is 4.98 Å². The topological polar surface area (TPSA) is 24.9 Å². The van der Waals surface area contributed by atoms with Crippen LogP contribution in [0.25, 0.3) is 0 Å². The molecule has 0 atom stereocenters. The van der Waals surface area contributed by atoms with Gasteiger partial charge in [-0.2, -0.15) is 13.2 Å². The van der Waals surface area contributed by atoms with Crippen LogP contribution in [0.1, 0.15) is 11.1 Å². The molecule has 0 bridgehead atoms. The highest BCUT2D eigenvalue weighted by Crippen LogP contribution is 2.36. The number of benzene rings is 1. The molecular weight excluding hydrogens is 296 g/mol. The number of hydrogen-bond acceptors (Lipinski definition) is 2. The van der Waals surface area contributed by atoms with E-state index in [1.54, 1.807) is 0 Å². The molecule has 2 rings (SSSR count). The summed E-state index contributed by atoms with van der Waals surface area (Å²) in [5.41, 5.74) is -0.548. The Morgan fingerprint density at radius 1 is 1.15 bits per heavy atom. The summed E-state index contributed by atoms with van der Waals surface area (Å²) < 4.78 is 51.5. The molecule has 1 aromatic carbocycles. The van der Waals surface area contributed by atoms with Gasteiger partial charge in [0.2, 0.25) is 0 Å². The highest BCUT2D eigenvalue weighted by molar-refractivity contribution is 6.30. The van der Waals surface area contributed by atoms with Crippen LogP contribution in [0.5, 0.6) is 0 Å². The Balaban J connectivity index is 2.21. The fourth-order valence-electron chi connectivity index (χ4n) is 1.65. The number of alkyl halides is 3. The van der Waals surface area contributed by atoms with Gasteiger partial charge in [-0.05, 0) is 29.8 Å². The van der Waals surface area contributed by atoms with Crippen molar-refractivity contribution in [3.8, 4) is 0 Å². The summed E-state index contributed by atoms with van der Waals surface area (Å²) in [6, 6.07) is 4.62. The van der Waals surface area contributed by atoms with Crippen molar-refractivity contribution in [2.45, 2.75) is 12.7 Å². The number of hydrogen-bond donors (Lipinski definition) is 1. The van der Waals surface area contributed by atoms with E-state index in [0.29, 0.717) is 5.56 Å². The summed E-state index contributed by atoms with van der Waals surface area (Å²) in [4.78, 5) is 3.62. The van der Waals surface area contributed by atoms with E-state index >= 15 is 0 Å². The Labute approximate surface area is 117 Å². The van der Waals surface area contributed by atoms with Crippen LogP contribution in [0, 0.1) is 5.82 Å². The summed E-state index contributed by atoms with van der Waals surface area (Å²) in [7, 11) is 0. The molecule has 20 heavy (non-hydrogen) atoms. The maximum atomic E-state index is 12.9. The highest BCUT2D eigenvalue weighted by atomic mass is 35.5.